The summed E-state index contributed by atoms with van der Waals surface area (Å²) in [6, 6.07) is 5.79. The number of rotatable bonds is 7. The van der Waals surface area contributed by atoms with E-state index in [-0.39, 0.29) is 16.9 Å². The van der Waals surface area contributed by atoms with Crippen LogP contribution in [-0.4, -0.2) is 34.9 Å². The molecule has 2 aromatic rings. The van der Waals surface area contributed by atoms with Crippen LogP contribution in [0.2, 0.25) is 5.15 Å². The number of hydrogen-bond acceptors (Lipinski definition) is 3. The molecule has 1 fully saturated rings. The number of carbonyl (C=O) groups is 1. The molecule has 27 heavy (non-hydrogen) atoms. The fourth-order valence-electron chi connectivity index (χ4n) is 3.35. The van der Waals surface area contributed by atoms with Crippen molar-refractivity contribution in [2.24, 2.45) is 0 Å². The second-order valence-corrected chi connectivity index (χ2v) is 7.24. The molecule has 146 valence electrons. The lowest BCUT2D eigenvalue weighted by molar-refractivity contribution is 0.0273. The number of halogens is 2. The van der Waals surface area contributed by atoms with Gasteiger partial charge in [0, 0.05) is 13.2 Å². The SMILES string of the molecule is Cc1nn(-c2ccc(F)cc2)c(Cl)c1C(=O)NCCCOC1CCCCC1. The Kier molecular flexibility index (Phi) is 6.85. The maximum atomic E-state index is 13.1. The molecule has 1 aliphatic carbocycles. The average molecular weight is 394 g/mol. The van der Waals surface area contributed by atoms with Crippen LogP contribution >= 0.6 is 11.6 Å². The Morgan fingerprint density at radius 3 is 2.70 bits per heavy atom. The van der Waals surface area contributed by atoms with Crippen LogP contribution in [-0.2, 0) is 4.74 Å². The predicted octanol–water partition coefficient (Wildman–Crippen LogP) is 4.44. The first-order chi connectivity index (χ1) is 13.1. The molecular weight excluding hydrogens is 369 g/mol. The van der Waals surface area contributed by atoms with Gasteiger partial charge in [0.05, 0.1) is 23.0 Å². The second-order valence-electron chi connectivity index (χ2n) is 6.88. The van der Waals surface area contributed by atoms with Gasteiger partial charge >= 0.3 is 0 Å². The van der Waals surface area contributed by atoms with E-state index < -0.39 is 0 Å². The van der Waals surface area contributed by atoms with Gasteiger partial charge in [-0.05, 0) is 50.5 Å². The predicted molar refractivity (Wildman–Crippen MR) is 103 cm³/mol. The van der Waals surface area contributed by atoms with Gasteiger partial charge in [0.15, 0.2) is 0 Å². The van der Waals surface area contributed by atoms with E-state index in [2.05, 4.69) is 10.4 Å². The van der Waals surface area contributed by atoms with Gasteiger partial charge in [-0.25, -0.2) is 9.07 Å². The van der Waals surface area contributed by atoms with Crippen molar-refractivity contribution in [1.82, 2.24) is 15.1 Å². The smallest absolute Gasteiger partial charge is 0.256 e. The van der Waals surface area contributed by atoms with Crippen molar-refractivity contribution in [3.63, 3.8) is 0 Å². The zero-order valence-electron chi connectivity index (χ0n) is 15.5. The molecule has 0 aliphatic heterocycles. The van der Waals surface area contributed by atoms with Gasteiger partial charge in [0.25, 0.3) is 5.91 Å². The third-order valence-electron chi connectivity index (χ3n) is 4.81. The zero-order chi connectivity index (χ0) is 19.2. The largest absolute Gasteiger partial charge is 0.378 e. The normalized spacial score (nSPS) is 15.1. The minimum Gasteiger partial charge on any atom is -0.378 e. The van der Waals surface area contributed by atoms with Crippen LogP contribution < -0.4 is 5.32 Å². The van der Waals surface area contributed by atoms with Gasteiger partial charge in [-0.1, -0.05) is 30.9 Å². The van der Waals surface area contributed by atoms with E-state index in [1.165, 1.54) is 36.1 Å². The summed E-state index contributed by atoms with van der Waals surface area (Å²) >= 11 is 6.36. The molecule has 1 saturated carbocycles. The van der Waals surface area contributed by atoms with Crippen LogP contribution in [0.15, 0.2) is 24.3 Å². The third kappa shape index (κ3) is 5.08. The van der Waals surface area contributed by atoms with Gasteiger partial charge in [-0.3, -0.25) is 4.79 Å². The summed E-state index contributed by atoms with van der Waals surface area (Å²) in [4.78, 5) is 12.5. The summed E-state index contributed by atoms with van der Waals surface area (Å²) < 4.78 is 20.4. The lowest BCUT2D eigenvalue weighted by atomic mass is 9.98. The fraction of sp³-hybridized carbons (Fsp3) is 0.500. The maximum Gasteiger partial charge on any atom is 0.256 e. The van der Waals surface area contributed by atoms with E-state index in [0.717, 1.165) is 19.3 Å². The number of hydrogen-bond donors (Lipinski definition) is 1. The Morgan fingerprint density at radius 2 is 2.00 bits per heavy atom. The van der Waals surface area contributed by atoms with Gasteiger partial charge < -0.3 is 10.1 Å². The minimum absolute atomic E-state index is 0.218. The van der Waals surface area contributed by atoms with Crippen LogP contribution in [0.4, 0.5) is 4.39 Å². The number of aryl methyl sites for hydroxylation is 1. The first-order valence-corrected chi connectivity index (χ1v) is 9.85. The van der Waals surface area contributed by atoms with Crippen LogP contribution in [0.5, 0.6) is 0 Å². The molecule has 0 atom stereocenters. The lowest BCUT2D eigenvalue weighted by Crippen LogP contribution is -2.26. The molecule has 0 unspecified atom stereocenters. The lowest BCUT2D eigenvalue weighted by Gasteiger charge is -2.21. The number of aromatic nitrogens is 2. The highest BCUT2D eigenvalue weighted by Gasteiger charge is 2.21. The number of amides is 1. The Balaban J connectivity index is 1.53. The van der Waals surface area contributed by atoms with E-state index in [0.29, 0.717) is 36.2 Å². The number of carbonyl (C=O) groups excluding carboxylic acids is 1. The standard InChI is InChI=1S/C20H25ClFN3O2/c1-14-18(19(21)25(24-14)16-10-8-15(22)9-11-16)20(26)23-12-5-13-27-17-6-3-2-4-7-17/h8-11,17H,2-7,12-13H2,1H3,(H,23,26). The van der Waals surface area contributed by atoms with E-state index >= 15 is 0 Å². The van der Waals surface area contributed by atoms with Crippen molar-refractivity contribution < 1.29 is 13.9 Å². The Bertz CT molecular complexity index is 770. The van der Waals surface area contributed by atoms with Crippen molar-refractivity contribution in [2.45, 2.75) is 51.6 Å². The summed E-state index contributed by atoms with van der Waals surface area (Å²) in [5.41, 5.74) is 1.47. The molecule has 3 rings (SSSR count). The average Bonchev–Trinajstić information content (AvgIpc) is 2.97. The molecule has 0 spiro atoms. The van der Waals surface area contributed by atoms with Crippen LogP contribution in [0.3, 0.4) is 0 Å². The first kappa shape index (κ1) is 19.8. The molecule has 0 bridgehead atoms. The highest BCUT2D eigenvalue weighted by molar-refractivity contribution is 6.33. The Morgan fingerprint density at radius 1 is 1.30 bits per heavy atom. The van der Waals surface area contributed by atoms with Crippen molar-refractivity contribution in [3.05, 3.63) is 46.5 Å². The zero-order valence-corrected chi connectivity index (χ0v) is 16.3. The molecule has 1 aromatic carbocycles. The van der Waals surface area contributed by atoms with Crippen LogP contribution in [0.1, 0.15) is 54.6 Å². The molecule has 1 N–H and O–H groups in total. The highest BCUT2D eigenvalue weighted by Crippen LogP contribution is 2.24. The molecule has 1 amide bonds. The van der Waals surface area contributed by atoms with Crippen molar-refractivity contribution in [1.29, 1.82) is 0 Å². The molecule has 0 saturated heterocycles. The first-order valence-electron chi connectivity index (χ1n) is 9.47. The summed E-state index contributed by atoms with van der Waals surface area (Å²) in [5, 5.41) is 7.41. The molecule has 1 aromatic heterocycles. The second kappa shape index (κ2) is 9.33. The monoisotopic (exact) mass is 393 g/mol. The van der Waals surface area contributed by atoms with Crippen molar-refractivity contribution >= 4 is 17.5 Å². The van der Waals surface area contributed by atoms with Gasteiger partial charge in [0.2, 0.25) is 0 Å². The molecule has 5 nitrogen and oxygen atoms in total. The quantitative estimate of drug-likeness (QED) is 0.707. The number of benzene rings is 1. The van der Waals surface area contributed by atoms with Crippen LogP contribution in [0.25, 0.3) is 5.69 Å². The van der Waals surface area contributed by atoms with Crippen molar-refractivity contribution in [2.75, 3.05) is 13.2 Å². The van der Waals surface area contributed by atoms with Crippen molar-refractivity contribution in [3.8, 4) is 5.69 Å². The number of nitrogens with one attached hydrogen (secondary N) is 1. The molecule has 7 heteroatoms. The summed E-state index contributed by atoms with van der Waals surface area (Å²) in [5.74, 6) is -0.601. The number of nitrogens with zero attached hydrogens (tertiary/aromatic N) is 2. The summed E-state index contributed by atoms with van der Waals surface area (Å²) in [7, 11) is 0. The third-order valence-corrected chi connectivity index (χ3v) is 5.16. The van der Waals surface area contributed by atoms with Gasteiger partial charge in [-0.15, -0.1) is 0 Å². The highest BCUT2D eigenvalue weighted by atomic mass is 35.5. The van der Waals surface area contributed by atoms with E-state index in [4.69, 9.17) is 16.3 Å². The van der Waals surface area contributed by atoms with E-state index in [9.17, 15) is 9.18 Å². The molecule has 0 radical (unpaired) electrons. The molecular formula is C20H25ClFN3O2. The Labute approximate surface area is 163 Å². The maximum absolute atomic E-state index is 13.1. The fourth-order valence-corrected chi connectivity index (χ4v) is 3.71. The topological polar surface area (TPSA) is 56.2 Å². The Hall–Kier alpha value is -1.92. The summed E-state index contributed by atoms with van der Waals surface area (Å²) in [6.07, 6.45) is 7.22. The van der Waals surface area contributed by atoms with Gasteiger partial charge in [-0.2, -0.15) is 5.10 Å². The van der Waals surface area contributed by atoms with Gasteiger partial charge in [0.1, 0.15) is 11.0 Å². The van der Waals surface area contributed by atoms with Crippen LogP contribution in [0, 0.1) is 12.7 Å². The van der Waals surface area contributed by atoms with E-state index in [1.807, 2.05) is 0 Å². The van der Waals surface area contributed by atoms with E-state index in [1.54, 1.807) is 19.1 Å². The summed E-state index contributed by atoms with van der Waals surface area (Å²) in [6.45, 7) is 2.89. The number of ether oxygens (including phenoxy) is 1. The minimum atomic E-state index is -0.341. The molecule has 1 heterocycles. The molecule has 1 aliphatic rings.